The Morgan fingerprint density at radius 1 is 0.917 bits per heavy atom. The number of hydrogen-bond donors (Lipinski definition) is 2. The van der Waals surface area contributed by atoms with Gasteiger partial charge in [0.1, 0.15) is 5.75 Å². The highest BCUT2D eigenvalue weighted by Gasteiger charge is 2.05. The summed E-state index contributed by atoms with van der Waals surface area (Å²) in [6.45, 7) is 5.39. The third kappa shape index (κ3) is 5.76. The van der Waals surface area contributed by atoms with Crippen LogP contribution in [0.3, 0.4) is 0 Å². The standard InChI is InChI=1S/C19H22N2O3/c1-13(2)24-18-10-8-17(9-11-18)21-19(23)12-15-4-6-16(7-5-15)20-14(3)22/h4-11,13H,12H2,1-3H3,(H,20,22)(H,21,23). The molecule has 2 aromatic carbocycles. The monoisotopic (exact) mass is 326 g/mol. The van der Waals surface area contributed by atoms with Crippen molar-refractivity contribution in [2.45, 2.75) is 33.3 Å². The van der Waals surface area contributed by atoms with Crippen molar-refractivity contribution in [3.05, 3.63) is 54.1 Å². The van der Waals surface area contributed by atoms with Crippen LogP contribution in [-0.4, -0.2) is 17.9 Å². The minimum Gasteiger partial charge on any atom is -0.491 e. The van der Waals surface area contributed by atoms with Crippen LogP contribution in [0.15, 0.2) is 48.5 Å². The zero-order valence-corrected chi connectivity index (χ0v) is 14.1. The number of rotatable bonds is 6. The van der Waals surface area contributed by atoms with Gasteiger partial charge in [-0.2, -0.15) is 0 Å². The summed E-state index contributed by atoms with van der Waals surface area (Å²) < 4.78 is 5.57. The molecule has 0 aliphatic heterocycles. The molecule has 5 heteroatoms. The Labute approximate surface area is 142 Å². The highest BCUT2D eigenvalue weighted by Crippen LogP contribution is 2.17. The second-order valence-electron chi connectivity index (χ2n) is 5.79. The highest BCUT2D eigenvalue weighted by molar-refractivity contribution is 5.92. The van der Waals surface area contributed by atoms with Crippen LogP contribution in [0.5, 0.6) is 5.75 Å². The van der Waals surface area contributed by atoms with Gasteiger partial charge < -0.3 is 15.4 Å². The fourth-order valence-electron chi connectivity index (χ4n) is 2.19. The lowest BCUT2D eigenvalue weighted by atomic mass is 10.1. The number of nitrogens with one attached hydrogen (secondary N) is 2. The molecule has 0 heterocycles. The van der Waals surface area contributed by atoms with Gasteiger partial charge in [0.15, 0.2) is 0 Å². The van der Waals surface area contributed by atoms with Crippen molar-refractivity contribution >= 4 is 23.2 Å². The first-order valence-electron chi connectivity index (χ1n) is 7.85. The third-order valence-electron chi connectivity index (χ3n) is 3.15. The van der Waals surface area contributed by atoms with Crippen molar-refractivity contribution in [3.8, 4) is 5.75 Å². The highest BCUT2D eigenvalue weighted by atomic mass is 16.5. The number of benzene rings is 2. The molecule has 0 atom stereocenters. The Morgan fingerprint density at radius 2 is 1.46 bits per heavy atom. The van der Waals surface area contributed by atoms with E-state index in [4.69, 9.17) is 4.74 Å². The van der Waals surface area contributed by atoms with E-state index in [-0.39, 0.29) is 24.3 Å². The van der Waals surface area contributed by atoms with Gasteiger partial charge in [0.25, 0.3) is 0 Å². The molecular formula is C19H22N2O3. The Bertz CT molecular complexity index is 692. The second-order valence-corrected chi connectivity index (χ2v) is 5.79. The van der Waals surface area contributed by atoms with E-state index in [0.717, 1.165) is 17.0 Å². The predicted octanol–water partition coefficient (Wildman–Crippen LogP) is 3.61. The van der Waals surface area contributed by atoms with Crippen LogP contribution in [0, 0.1) is 0 Å². The normalized spacial score (nSPS) is 10.3. The van der Waals surface area contributed by atoms with E-state index in [0.29, 0.717) is 5.69 Å². The van der Waals surface area contributed by atoms with E-state index in [1.807, 2.05) is 50.2 Å². The molecule has 0 spiro atoms. The Hall–Kier alpha value is -2.82. The Morgan fingerprint density at radius 3 is 2.00 bits per heavy atom. The van der Waals surface area contributed by atoms with Crippen molar-refractivity contribution < 1.29 is 14.3 Å². The maximum absolute atomic E-state index is 12.1. The number of carbonyl (C=O) groups excluding carboxylic acids is 2. The average molecular weight is 326 g/mol. The molecular weight excluding hydrogens is 304 g/mol. The molecule has 2 aromatic rings. The van der Waals surface area contributed by atoms with E-state index in [2.05, 4.69) is 10.6 Å². The van der Waals surface area contributed by atoms with Gasteiger partial charge in [-0.25, -0.2) is 0 Å². The first-order valence-corrected chi connectivity index (χ1v) is 7.85. The number of anilines is 2. The quantitative estimate of drug-likeness (QED) is 0.852. The Balaban J connectivity index is 1.89. The molecule has 24 heavy (non-hydrogen) atoms. The lowest BCUT2D eigenvalue weighted by Crippen LogP contribution is -2.14. The molecule has 2 N–H and O–H groups in total. The van der Waals surface area contributed by atoms with E-state index in [9.17, 15) is 9.59 Å². The summed E-state index contributed by atoms with van der Waals surface area (Å²) in [7, 11) is 0. The van der Waals surface area contributed by atoms with Crippen molar-refractivity contribution in [2.75, 3.05) is 10.6 Å². The fourth-order valence-corrected chi connectivity index (χ4v) is 2.19. The van der Waals surface area contributed by atoms with Gasteiger partial charge in [0.2, 0.25) is 11.8 Å². The maximum Gasteiger partial charge on any atom is 0.228 e. The van der Waals surface area contributed by atoms with Crippen LogP contribution >= 0.6 is 0 Å². The molecule has 0 radical (unpaired) electrons. The molecule has 0 aliphatic carbocycles. The molecule has 0 saturated heterocycles. The van der Waals surface area contributed by atoms with Crippen LogP contribution < -0.4 is 15.4 Å². The van der Waals surface area contributed by atoms with Gasteiger partial charge in [-0.3, -0.25) is 9.59 Å². The van der Waals surface area contributed by atoms with E-state index in [1.165, 1.54) is 6.92 Å². The van der Waals surface area contributed by atoms with Crippen molar-refractivity contribution in [1.82, 2.24) is 0 Å². The lowest BCUT2D eigenvalue weighted by molar-refractivity contribution is -0.116. The molecule has 0 aliphatic rings. The van der Waals surface area contributed by atoms with Crippen LogP contribution in [0.2, 0.25) is 0 Å². The molecule has 2 rings (SSSR count). The third-order valence-corrected chi connectivity index (χ3v) is 3.15. The number of hydrogen-bond acceptors (Lipinski definition) is 3. The number of ether oxygens (including phenoxy) is 1. The first-order chi connectivity index (χ1) is 11.4. The van der Waals surface area contributed by atoms with Crippen molar-refractivity contribution in [3.63, 3.8) is 0 Å². The SMILES string of the molecule is CC(=O)Nc1ccc(CC(=O)Nc2ccc(OC(C)C)cc2)cc1. The topological polar surface area (TPSA) is 67.4 Å². The summed E-state index contributed by atoms with van der Waals surface area (Å²) >= 11 is 0. The van der Waals surface area contributed by atoms with Gasteiger partial charge in [-0.05, 0) is 55.8 Å². The first kappa shape index (κ1) is 17.5. The molecule has 0 aromatic heterocycles. The van der Waals surface area contributed by atoms with Gasteiger partial charge in [0, 0.05) is 18.3 Å². The van der Waals surface area contributed by atoms with Crippen LogP contribution in [0.1, 0.15) is 26.3 Å². The van der Waals surface area contributed by atoms with Gasteiger partial charge in [-0.1, -0.05) is 12.1 Å². The zero-order valence-electron chi connectivity index (χ0n) is 14.1. The van der Waals surface area contributed by atoms with E-state index < -0.39 is 0 Å². The molecule has 0 fully saturated rings. The van der Waals surface area contributed by atoms with Crippen LogP contribution in [-0.2, 0) is 16.0 Å². The van der Waals surface area contributed by atoms with Crippen molar-refractivity contribution in [2.24, 2.45) is 0 Å². The molecule has 126 valence electrons. The molecule has 2 amide bonds. The van der Waals surface area contributed by atoms with Gasteiger partial charge in [-0.15, -0.1) is 0 Å². The van der Waals surface area contributed by atoms with Crippen LogP contribution in [0.4, 0.5) is 11.4 Å². The minimum atomic E-state index is -0.120. The summed E-state index contributed by atoms with van der Waals surface area (Å²) in [5.74, 6) is 0.557. The Kier molecular flexibility index (Phi) is 5.95. The minimum absolute atomic E-state index is 0.0974. The summed E-state index contributed by atoms with van der Waals surface area (Å²) in [6, 6.07) is 14.5. The van der Waals surface area contributed by atoms with Gasteiger partial charge in [0.05, 0.1) is 12.5 Å². The summed E-state index contributed by atoms with van der Waals surface area (Å²) in [6.07, 6.45) is 0.385. The molecule has 0 unspecified atom stereocenters. The fraction of sp³-hybridized carbons (Fsp3) is 0.263. The molecule has 5 nitrogen and oxygen atoms in total. The summed E-state index contributed by atoms with van der Waals surface area (Å²) in [5, 5.41) is 5.55. The van der Waals surface area contributed by atoms with E-state index >= 15 is 0 Å². The van der Waals surface area contributed by atoms with Crippen molar-refractivity contribution in [1.29, 1.82) is 0 Å². The van der Waals surface area contributed by atoms with Crippen LogP contribution in [0.25, 0.3) is 0 Å². The smallest absolute Gasteiger partial charge is 0.228 e. The average Bonchev–Trinajstić information content (AvgIpc) is 2.50. The van der Waals surface area contributed by atoms with Gasteiger partial charge >= 0.3 is 0 Å². The lowest BCUT2D eigenvalue weighted by Gasteiger charge is -2.11. The zero-order chi connectivity index (χ0) is 17.5. The second kappa shape index (κ2) is 8.15. The molecule has 0 saturated carbocycles. The number of carbonyl (C=O) groups is 2. The van der Waals surface area contributed by atoms with E-state index in [1.54, 1.807) is 12.1 Å². The molecule has 0 bridgehead atoms. The summed E-state index contributed by atoms with van der Waals surface area (Å²) in [4.78, 5) is 23.1. The predicted molar refractivity (Wildman–Crippen MR) is 95.3 cm³/mol. The summed E-state index contributed by atoms with van der Waals surface area (Å²) in [5.41, 5.74) is 2.32. The maximum atomic E-state index is 12.1. The largest absolute Gasteiger partial charge is 0.491 e. The number of amides is 2.